The van der Waals surface area contributed by atoms with Gasteiger partial charge >= 0.3 is 0 Å². The van der Waals surface area contributed by atoms with Crippen LogP contribution in [0.1, 0.15) is 28.9 Å². The molecule has 0 radical (unpaired) electrons. The Hall–Kier alpha value is -4.24. The van der Waals surface area contributed by atoms with Crippen molar-refractivity contribution in [2.45, 2.75) is 33.2 Å². The summed E-state index contributed by atoms with van der Waals surface area (Å²) >= 11 is 6.11. The first-order valence-electron chi connectivity index (χ1n) is 11.9. The second-order valence-corrected chi connectivity index (χ2v) is 9.42. The molecule has 37 heavy (non-hydrogen) atoms. The highest BCUT2D eigenvalue weighted by Crippen LogP contribution is 2.26. The number of para-hydroxylation sites is 1. The van der Waals surface area contributed by atoms with Crippen LogP contribution in [0, 0.1) is 13.8 Å². The minimum Gasteiger partial charge on any atom is -0.366 e. The number of carbonyl (C=O) groups excluding carboxylic acids is 1. The van der Waals surface area contributed by atoms with Crippen molar-refractivity contribution in [3.8, 4) is 16.9 Å². The topological polar surface area (TPSA) is 107 Å². The zero-order chi connectivity index (χ0) is 26.1. The van der Waals surface area contributed by atoms with Crippen LogP contribution in [0.5, 0.6) is 0 Å². The van der Waals surface area contributed by atoms with Crippen LogP contribution in [-0.4, -0.2) is 47.2 Å². The van der Waals surface area contributed by atoms with Crippen molar-refractivity contribution in [3.63, 3.8) is 0 Å². The van der Waals surface area contributed by atoms with Gasteiger partial charge < -0.3 is 10.6 Å². The van der Waals surface area contributed by atoms with Crippen molar-refractivity contribution in [3.05, 3.63) is 88.3 Å². The standard InChI is InChI=1S/C27H27ClN8O/c1-17-23(18(2)36-27(30-17)31-26(29)33-36)13-14-24(37)34(3)15-20-16-35(22-7-5-4-6-8-22)32-25(20)19-9-11-21(28)12-10-19/h4-12,16H,13-15H2,1-3H3,(H2,29,33). The van der Waals surface area contributed by atoms with E-state index in [1.54, 1.807) is 9.42 Å². The number of hydrogen-bond acceptors (Lipinski definition) is 6. The highest BCUT2D eigenvalue weighted by atomic mass is 35.5. The number of nitrogens with two attached hydrogens (primary N) is 1. The van der Waals surface area contributed by atoms with Gasteiger partial charge in [-0.2, -0.15) is 14.6 Å². The molecule has 3 heterocycles. The average molecular weight is 515 g/mol. The minimum atomic E-state index is 0.0199. The average Bonchev–Trinajstić information content (AvgIpc) is 3.48. The van der Waals surface area contributed by atoms with Gasteiger partial charge in [-0.15, -0.1) is 5.10 Å². The van der Waals surface area contributed by atoms with Crippen molar-refractivity contribution in [1.29, 1.82) is 0 Å². The van der Waals surface area contributed by atoms with Crippen molar-refractivity contribution in [1.82, 2.24) is 34.3 Å². The van der Waals surface area contributed by atoms with E-state index in [-0.39, 0.29) is 11.9 Å². The summed E-state index contributed by atoms with van der Waals surface area (Å²) in [5.74, 6) is 0.659. The Labute approximate surface area is 219 Å². The molecule has 0 bridgehead atoms. The number of hydrogen-bond donors (Lipinski definition) is 1. The van der Waals surface area contributed by atoms with E-state index in [9.17, 15) is 4.79 Å². The summed E-state index contributed by atoms with van der Waals surface area (Å²) in [4.78, 5) is 23.5. The first-order valence-corrected chi connectivity index (χ1v) is 12.3. The molecule has 0 spiro atoms. The maximum atomic E-state index is 13.2. The number of fused-ring (bicyclic) bond motifs is 1. The summed E-state index contributed by atoms with van der Waals surface area (Å²) in [5.41, 5.74) is 12.0. The lowest BCUT2D eigenvalue weighted by molar-refractivity contribution is -0.130. The molecule has 10 heteroatoms. The smallest absolute Gasteiger partial charge is 0.254 e. The van der Waals surface area contributed by atoms with Crippen LogP contribution >= 0.6 is 11.6 Å². The molecule has 2 aromatic carbocycles. The molecule has 0 aliphatic rings. The maximum absolute atomic E-state index is 13.2. The SMILES string of the molecule is Cc1nc2nc(N)nn2c(C)c1CCC(=O)N(C)Cc1cn(-c2ccccc2)nc1-c1ccc(Cl)cc1. The van der Waals surface area contributed by atoms with E-state index in [1.165, 1.54) is 0 Å². The van der Waals surface area contributed by atoms with Crippen LogP contribution in [-0.2, 0) is 17.8 Å². The summed E-state index contributed by atoms with van der Waals surface area (Å²) < 4.78 is 3.47. The number of rotatable bonds is 7. The Balaban J connectivity index is 1.37. The molecule has 0 atom stereocenters. The molecule has 0 aliphatic heterocycles. The van der Waals surface area contributed by atoms with Gasteiger partial charge in [0, 0.05) is 53.7 Å². The predicted molar refractivity (Wildman–Crippen MR) is 143 cm³/mol. The first-order chi connectivity index (χ1) is 17.8. The highest BCUT2D eigenvalue weighted by Gasteiger charge is 2.19. The van der Waals surface area contributed by atoms with Gasteiger partial charge in [0.05, 0.1) is 11.4 Å². The lowest BCUT2D eigenvalue weighted by atomic mass is 10.1. The lowest BCUT2D eigenvalue weighted by Crippen LogP contribution is -2.26. The van der Waals surface area contributed by atoms with Gasteiger partial charge in [-0.3, -0.25) is 4.79 Å². The molecule has 5 rings (SSSR count). The predicted octanol–water partition coefficient (Wildman–Crippen LogP) is 4.42. The number of benzene rings is 2. The van der Waals surface area contributed by atoms with Gasteiger partial charge in [-0.1, -0.05) is 41.9 Å². The molecule has 2 N–H and O–H groups in total. The number of anilines is 1. The van der Waals surface area contributed by atoms with Gasteiger partial charge in [-0.05, 0) is 50.1 Å². The largest absolute Gasteiger partial charge is 0.366 e. The zero-order valence-corrected chi connectivity index (χ0v) is 21.6. The quantitative estimate of drug-likeness (QED) is 0.344. The summed E-state index contributed by atoms with van der Waals surface area (Å²) in [6.45, 7) is 4.27. The van der Waals surface area contributed by atoms with E-state index in [1.807, 2.05) is 86.4 Å². The molecule has 9 nitrogen and oxygen atoms in total. The Bertz CT molecular complexity index is 1570. The van der Waals surface area contributed by atoms with Crippen LogP contribution in [0.2, 0.25) is 5.02 Å². The molecule has 5 aromatic rings. The number of nitrogen functional groups attached to an aromatic ring is 1. The summed E-state index contributed by atoms with van der Waals surface area (Å²) in [5, 5.41) is 9.71. The third-order valence-electron chi connectivity index (χ3n) is 6.42. The monoisotopic (exact) mass is 514 g/mol. The molecule has 0 unspecified atom stereocenters. The first kappa shape index (κ1) is 24.5. The zero-order valence-electron chi connectivity index (χ0n) is 20.9. The Morgan fingerprint density at radius 2 is 1.76 bits per heavy atom. The third kappa shape index (κ3) is 5.03. The van der Waals surface area contributed by atoms with Crippen LogP contribution in [0.4, 0.5) is 5.95 Å². The van der Waals surface area contributed by atoms with E-state index in [0.717, 1.165) is 39.5 Å². The molecule has 0 fully saturated rings. The summed E-state index contributed by atoms with van der Waals surface area (Å²) in [6.07, 6.45) is 2.85. The Morgan fingerprint density at radius 1 is 1.03 bits per heavy atom. The van der Waals surface area contributed by atoms with E-state index in [0.29, 0.717) is 30.2 Å². The number of aromatic nitrogens is 6. The maximum Gasteiger partial charge on any atom is 0.254 e. The van der Waals surface area contributed by atoms with E-state index in [4.69, 9.17) is 22.4 Å². The molecule has 0 saturated carbocycles. The number of nitrogens with zero attached hydrogens (tertiary/aromatic N) is 7. The molecule has 188 valence electrons. The molecule has 1 amide bonds. The fraction of sp³-hybridized carbons (Fsp3) is 0.222. The van der Waals surface area contributed by atoms with Crippen molar-refractivity contribution < 1.29 is 4.79 Å². The van der Waals surface area contributed by atoms with Crippen molar-refractivity contribution >= 4 is 29.2 Å². The lowest BCUT2D eigenvalue weighted by Gasteiger charge is -2.18. The van der Waals surface area contributed by atoms with Crippen LogP contribution in [0.25, 0.3) is 22.7 Å². The molecular formula is C27H27ClN8O. The molecule has 0 saturated heterocycles. The van der Waals surface area contributed by atoms with Crippen molar-refractivity contribution in [2.24, 2.45) is 0 Å². The van der Waals surface area contributed by atoms with E-state index < -0.39 is 0 Å². The number of halogens is 1. The Kier molecular flexibility index (Phi) is 6.62. The second kappa shape index (κ2) is 10.0. The van der Waals surface area contributed by atoms with Gasteiger partial charge in [0.1, 0.15) is 0 Å². The fourth-order valence-electron chi connectivity index (χ4n) is 4.44. The third-order valence-corrected chi connectivity index (χ3v) is 6.67. The second-order valence-electron chi connectivity index (χ2n) is 8.98. The molecule has 0 aliphatic carbocycles. The molecule has 3 aromatic heterocycles. The minimum absolute atomic E-state index is 0.0199. The van der Waals surface area contributed by atoms with Crippen molar-refractivity contribution in [2.75, 3.05) is 12.8 Å². The Morgan fingerprint density at radius 3 is 2.49 bits per heavy atom. The van der Waals surface area contributed by atoms with Gasteiger partial charge in [0.2, 0.25) is 11.9 Å². The van der Waals surface area contributed by atoms with E-state index in [2.05, 4.69) is 15.1 Å². The number of amides is 1. The van der Waals surface area contributed by atoms with Crippen LogP contribution < -0.4 is 5.73 Å². The normalized spacial score (nSPS) is 11.2. The van der Waals surface area contributed by atoms with Gasteiger partial charge in [0.25, 0.3) is 5.78 Å². The van der Waals surface area contributed by atoms with E-state index >= 15 is 0 Å². The highest BCUT2D eigenvalue weighted by molar-refractivity contribution is 6.30. The summed E-state index contributed by atoms with van der Waals surface area (Å²) in [7, 11) is 1.81. The fourth-order valence-corrected chi connectivity index (χ4v) is 4.57. The van der Waals surface area contributed by atoms with Crippen LogP contribution in [0.3, 0.4) is 0 Å². The number of carbonyl (C=O) groups is 1. The van der Waals surface area contributed by atoms with Crippen LogP contribution in [0.15, 0.2) is 60.8 Å². The number of aryl methyl sites for hydroxylation is 2. The summed E-state index contributed by atoms with van der Waals surface area (Å²) in [6, 6.07) is 17.5. The van der Waals surface area contributed by atoms with Gasteiger partial charge in [-0.25, -0.2) is 9.67 Å². The van der Waals surface area contributed by atoms with Gasteiger partial charge in [0.15, 0.2) is 0 Å². The molecular weight excluding hydrogens is 488 g/mol.